The van der Waals surface area contributed by atoms with E-state index in [1.807, 2.05) is 13.0 Å². The number of benzene rings is 1. The van der Waals surface area contributed by atoms with Crippen molar-refractivity contribution >= 4 is 6.08 Å². The number of aromatic nitrogens is 2. The van der Waals surface area contributed by atoms with Crippen molar-refractivity contribution < 1.29 is 9.18 Å². The fourth-order valence-electron chi connectivity index (χ4n) is 2.30. The van der Waals surface area contributed by atoms with E-state index >= 15 is 0 Å². The van der Waals surface area contributed by atoms with Crippen molar-refractivity contribution in [2.24, 2.45) is 4.99 Å². The van der Waals surface area contributed by atoms with E-state index in [4.69, 9.17) is 0 Å². The van der Waals surface area contributed by atoms with Crippen LogP contribution in [0, 0.1) is 12.7 Å². The summed E-state index contributed by atoms with van der Waals surface area (Å²) >= 11 is 0. The van der Waals surface area contributed by atoms with Gasteiger partial charge in [0.25, 0.3) is 0 Å². The van der Waals surface area contributed by atoms with Crippen molar-refractivity contribution in [3.05, 3.63) is 47.8 Å². The number of hydrogen-bond donors (Lipinski definition) is 0. The first-order chi connectivity index (χ1) is 9.16. The first-order valence-corrected chi connectivity index (χ1v) is 6.06. The molecule has 1 aliphatic carbocycles. The number of halogens is 1. The van der Waals surface area contributed by atoms with Crippen LogP contribution in [0.15, 0.2) is 35.6 Å². The SMILES string of the molecule is Cc1nccn1-c1ccc(C2(N=C=O)CC2)cc1F. The molecule has 0 unspecified atom stereocenters. The predicted molar refractivity (Wildman–Crippen MR) is 67.3 cm³/mol. The Hall–Kier alpha value is -2.26. The average molecular weight is 257 g/mol. The van der Waals surface area contributed by atoms with Gasteiger partial charge in [0.2, 0.25) is 6.08 Å². The van der Waals surface area contributed by atoms with Gasteiger partial charge in [0, 0.05) is 12.4 Å². The highest BCUT2D eigenvalue weighted by molar-refractivity contribution is 5.45. The summed E-state index contributed by atoms with van der Waals surface area (Å²) in [4.78, 5) is 18.3. The van der Waals surface area contributed by atoms with E-state index in [9.17, 15) is 9.18 Å². The highest BCUT2D eigenvalue weighted by Gasteiger charge is 2.45. The summed E-state index contributed by atoms with van der Waals surface area (Å²) in [5.41, 5.74) is 0.643. The summed E-state index contributed by atoms with van der Waals surface area (Å²) in [6, 6.07) is 4.95. The fourth-order valence-corrected chi connectivity index (χ4v) is 2.30. The molecule has 19 heavy (non-hydrogen) atoms. The lowest BCUT2D eigenvalue weighted by Crippen LogP contribution is -2.05. The zero-order chi connectivity index (χ0) is 13.5. The third-order valence-electron chi connectivity index (χ3n) is 3.55. The Morgan fingerprint density at radius 1 is 1.47 bits per heavy atom. The molecule has 4 nitrogen and oxygen atoms in total. The number of hydrogen-bond acceptors (Lipinski definition) is 3. The first-order valence-electron chi connectivity index (χ1n) is 6.06. The van der Waals surface area contributed by atoms with Gasteiger partial charge in [-0.25, -0.2) is 14.2 Å². The molecule has 3 rings (SSSR count). The third-order valence-corrected chi connectivity index (χ3v) is 3.55. The predicted octanol–water partition coefficient (Wildman–Crippen LogP) is 2.64. The molecule has 1 aromatic carbocycles. The standard InChI is InChI=1S/C14H12FN3O/c1-10-16-6-7-18(10)13-3-2-11(8-12(13)15)14(4-5-14)17-9-19/h2-3,6-8H,4-5H2,1H3. The van der Waals surface area contributed by atoms with Gasteiger partial charge in [0.1, 0.15) is 11.6 Å². The average Bonchev–Trinajstić information content (AvgIpc) is 3.05. The molecule has 0 bridgehead atoms. The van der Waals surface area contributed by atoms with Crippen LogP contribution in [0.25, 0.3) is 5.69 Å². The first kappa shape index (κ1) is 11.8. The second-order valence-corrected chi connectivity index (χ2v) is 4.75. The van der Waals surface area contributed by atoms with Gasteiger partial charge in [0.15, 0.2) is 0 Å². The minimum Gasteiger partial charge on any atom is -0.301 e. The maximum Gasteiger partial charge on any atom is 0.235 e. The van der Waals surface area contributed by atoms with Crippen LogP contribution in [0.3, 0.4) is 0 Å². The molecule has 1 aromatic heterocycles. The van der Waals surface area contributed by atoms with Gasteiger partial charge in [-0.15, -0.1) is 0 Å². The Morgan fingerprint density at radius 2 is 2.26 bits per heavy atom. The molecule has 0 spiro atoms. The van der Waals surface area contributed by atoms with Crippen LogP contribution in [-0.2, 0) is 10.3 Å². The number of aliphatic imine (C=N–C) groups is 1. The Bertz CT molecular complexity index is 682. The van der Waals surface area contributed by atoms with E-state index in [2.05, 4.69) is 9.98 Å². The molecule has 0 atom stereocenters. The van der Waals surface area contributed by atoms with Crippen molar-refractivity contribution in [3.63, 3.8) is 0 Å². The van der Waals surface area contributed by atoms with Crippen LogP contribution in [0.5, 0.6) is 0 Å². The Kier molecular flexibility index (Phi) is 2.57. The molecule has 0 aliphatic heterocycles. The molecule has 1 heterocycles. The second kappa shape index (κ2) is 4.14. The summed E-state index contributed by atoms with van der Waals surface area (Å²) < 4.78 is 15.9. The Balaban J connectivity index is 2.04. The molecule has 0 amide bonds. The van der Waals surface area contributed by atoms with Gasteiger partial charge in [-0.1, -0.05) is 6.07 Å². The monoisotopic (exact) mass is 257 g/mol. The van der Waals surface area contributed by atoms with Crippen LogP contribution in [-0.4, -0.2) is 15.6 Å². The van der Waals surface area contributed by atoms with Crippen LogP contribution in [0.2, 0.25) is 0 Å². The van der Waals surface area contributed by atoms with Gasteiger partial charge >= 0.3 is 0 Å². The van der Waals surface area contributed by atoms with Crippen LogP contribution < -0.4 is 0 Å². The van der Waals surface area contributed by atoms with Crippen molar-refractivity contribution in [3.8, 4) is 5.69 Å². The Morgan fingerprint density at radius 3 is 2.79 bits per heavy atom. The molecular formula is C14H12FN3O. The summed E-state index contributed by atoms with van der Waals surface area (Å²) in [7, 11) is 0. The maximum atomic E-state index is 14.2. The van der Waals surface area contributed by atoms with Gasteiger partial charge in [-0.3, -0.25) is 0 Å². The van der Waals surface area contributed by atoms with Gasteiger partial charge in [-0.05, 0) is 37.5 Å². The lowest BCUT2D eigenvalue weighted by Gasteiger charge is -2.11. The third kappa shape index (κ3) is 1.88. The van der Waals surface area contributed by atoms with Gasteiger partial charge in [-0.2, -0.15) is 4.99 Å². The number of imidazole rings is 1. The topological polar surface area (TPSA) is 47.2 Å². The quantitative estimate of drug-likeness (QED) is 0.627. The zero-order valence-electron chi connectivity index (χ0n) is 10.4. The van der Waals surface area contributed by atoms with E-state index in [1.54, 1.807) is 29.1 Å². The molecular weight excluding hydrogens is 245 g/mol. The molecule has 2 aromatic rings. The number of rotatable bonds is 3. The normalized spacial score (nSPS) is 15.9. The molecule has 1 fully saturated rings. The minimum absolute atomic E-state index is 0.342. The van der Waals surface area contributed by atoms with Crippen LogP contribution in [0.4, 0.5) is 4.39 Å². The largest absolute Gasteiger partial charge is 0.301 e. The van der Waals surface area contributed by atoms with Crippen molar-refractivity contribution in [2.75, 3.05) is 0 Å². The van der Waals surface area contributed by atoms with E-state index in [1.165, 1.54) is 6.07 Å². The van der Waals surface area contributed by atoms with E-state index in [-0.39, 0.29) is 5.82 Å². The Labute approximate surface area is 109 Å². The maximum absolute atomic E-state index is 14.2. The van der Waals surface area contributed by atoms with Crippen molar-refractivity contribution in [1.29, 1.82) is 0 Å². The molecule has 5 heteroatoms. The lowest BCUT2D eigenvalue weighted by molar-refractivity contribution is 0.555. The second-order valence-electron chi connectivity index (χ2n) is 4.75. The number of isocyanates is 1. The highest BCUT2D eigenvalue weighted by Crippen LogP contribution is 2.49. The van der Waals surface area contributed by atoms with E-state index in [0.717, 1.165) is 24.2 Å². The summed E-state index contributed by atoms with van der Waals surface area (Å²) in [6.45, 7) is 1.81. The van der Waals surface area contributed by atoms with Crippen molar-refractivity contribution in [1.82, 2.24) is 9.55 Å². The highest BCUT2D eigenvalue weighted by atomic mass is 19.1. The summed E-state index contributed by atoms with van der Waals surface area (Å²) in [6.07, 6.45) is 6.45. The molecule has 0 N–H and O–H groups in total. The zero-order valence-corrected chi connectivity index (χ0v) is 10.4. The summed E-state index contributed by atoms with van der Waals surface area (Å²) in [5.74, 6) is 0.379. The minimum atomic E-state index is -0.537. The van der Waals surface area contributed by atoms with E-state index in [0.29, 0.717) is 5.69 Å². The van der Waals surface area contributed by atoms with Gasteiger partial charge in [0.05, 0.1) is 11.2 Å². The molecule has 0 saturated heterocycles. The fraction of sp³-hybridized carbons (Fsp3) is 0.286. The smallest absolute Gasteiger partial charge is 0.235 e. The van der Waals surface area contributed by atoms with Crippen LogP contribution in [0.1, 0.15) is 24.2 Å². The molecule has 96 valence electrons. The molecule has 1 aliphatic rings. The molecule has 0 radical (unpaired) electrons. The number of nitrogens with zero attached hydrogens (tertiary/aromatic N) is 3. The van der Waals surface area contributed by atoms with Crippen molar-refractivity contribution in [2.45, 2.75) is 25.3 Å². The number of carbonyl (C=O) groups excluding carboxylic acids is 1. The number of aryl methyl sites for hydroxylation is 1. The molecule has 1 saturated carbocycles. The van der Waals surface area contributed by atoms with E-state index < -0.39 is 5.54 Å². The van der Waals surface area contributed by atoms with Gasteiger partial charge < -0.3 is 4.57 Å². The summed E-state index contributed by atoms with van der Waals surface area (Å²) in [5, 5.41) is 0. The van der Waals surface area contributed by atoms with Crippen LogP contribution >= 0.6 is 0 Å². The lowest BCUT2D eigenvalue weighted by atomic mass is 10.0.